The van der Waals surface area contributed by atoms with Crippen LogP contribution in [0.1, 0.15) is 26.3 Å². The number of hydrogen-bond donors (Lipinski definition) is 0. The zero-order valence-electron chi connectivity index (χ0n) is 22.1. The van der Waals surface area contributed by atoms with Gasteiger partial charge in [0.1, 0.15) is 27.9 Å². The third-order valence-corrected chi connectivity index (χ3v) is 8.31. The molecule has 0 aliphatic heterocycles. The number of sulfonamides is 1. The van der Waals surface area contributed by atoms with Crippen molar-refractivity contribution < 1.29 is 39.9 Å². The molecule has 0 aromatic heterocycles. The van der Waals surface area contributed by atoms with E-state index in [0.29, 0.717) is 11.1 Å². The van der Waals surface area contributed by atoms with E-state index in [2.05, 4.69) is 0 Å². The molecule has 0 aliphatic rings. The van der Waals surface area contributed by atoms with Gasteiger partial charge in [0.15, 0.2) is 16.4 Å². The second-order valence-electron chi connectivity index (χ2n) is 9.84. The molecule has 0 saturated heterocycles. The van der Waals surface area contributed by atoms with Crippen LogP contribution in [0.4, 0.5) is 8.78 Å². The van der Waals surface area contributed by atoms with Gasteiger partial charge in [-0.3, -0.25) is 0 Å². The maximum absolute atomic E-state index is 14.3. The first-order valence-electron chi connectivity index (χ1n) is 11.7. The van der Waals surface area contributed by atoms with Crippen LogP contribution in [0, 0.1) is 11.6 Å². The Morgan fingerprint density at radius 1 is 0.923 bits per heavy atom. The van der Waals surface area contributed by atoms with Crippen LogP contribution in [0.3, 0.4) is 0 Å². The fraction of sp³-hybridized carbons (Fsp3) is 0.296. The molecule has 0 heterocycles. The van der Waals surface area contributed by atoms with Crippen molar-refractivity contribution in [2.75, 3.05) is 19.9 Å². The van der Waals surface area contributed by atoms with Gasteiger partial charge in [-0.15, -0.1) is 0 Å². The van der Waals surface area contributed by atoms with Crippen molar-refractivity contribution >= 4 is 25.8 Å². The molecular formula is C27H29F2NO7S2. The van der Waals surface area contributed by atoms with Crippen molar-refractivity contribution in [3.8, 4) is 16.9 Å². The molecule has 0 aliphatic carbocycles. The van der Waals surface area contributed by atoms with Gasteiger partial charge in [0, 0.05) is 25.4 Å². The van der Waals surface area contributed by atoms with E-state index < -0.39 is 54.6 Å². The van der Waals surface area contributed by atoms with Crippen molar-refractivity contribution in [1.82, 2.24) is 4.31 Å². The predicted molar refractivity (Wildman–Crippen MR) is 141 cm³/mol. The minimum absolute atomic E-state index is 0.0970. The molecule has 0 amide bonds. The topological polar surface area (TPSA) is 107 Å². The lowest BCUT2D eigenvalue weighted by atomic mass is 10.0. The summed E-state index contributed by atoms with van der Waals surface area (Å²) in [6.07, 6.45) is 0.876. The highest BCUT2D eigenvalue weighted by atomic mass is 32.2. The van der Waals surface area contributed by atoms with Gasteiger partial charge in [0.05, 0.1) is 4.90 Å². The second-order valence-corrected chi connectivity index (χ2v) is 13.9. The highest BCUT2D eigenvalue weighted by Crippen LogP contribution is 2.34. The number of ether oxygens (including phenoxy) is 2. The summed E-state index contributed by atoms with van der Waals surface area (Å²) in [6, 6.07) is 12.5. The van der Waals surface area contributed by atoms with Crippen molar-refractivity contribution in [3.05, 3.63) is 77.9 Å². The Morgan fingerprint density at radius 3 is 2.15 bits per heavy atom. The van der Waals surface area contributed by atoms with Gasteiger partial charge in [-0.2, -0.15) is 4.31 Å². The summed E-state index contributed by atoms with van der Waals surface area (Å²) in [5.74, 6) is -1.98. The van der Waals surface area contributed by atoms with Gasteiger partial charge in [-0.25, -0.2) is 30.4 Å². The fourth-order valence-electron chi connectivity index (χ4n) is 3.62. The summed E-state index contributed by atoms with van der Waals surface area (Å²) < 4.78 is 89.8. The maximum atomic E-state index is 14.3. The smallest absolute Gasteiger partial charge is 0.344 e. The van der Waals surface area contributed by atoms with Crippen LogP contribution in [-0.4, -0.2) is 52.6 Å². The predicted octanol–water partition coefficient (Wildman–Crippen LogP) is 4.58. The molecule has 39 heavy (non-hydrogen) atoms. The van der Waals surface area contributed by atoms with Crippen LogP contribution in [0.25, 0.3) is 11.1 Å². The lowest BCUT2D eigenvalue weighted by Gasteiger charge is -2.21. The van der Waals surface area contributed by atoms with Crippen molar-refractivity contribution in [2.45, 2.75) is 42.7 Å². The quantitative estimate of drug-likeness (QED) is 0.341. The average molecular weight is 582 g/mol. The number of benzene rings is 3. The number of carbonyl (C=O) groups excluding carboxylic acids is 1. The van der Waals surface area contributed by atoms with Gasteiger partial charge in [0.25, 0.3) is 0 Å². The van der Waals surface area contributed by atoms with Crippen molar-refractivity contribution in [2.24, 2.45) is 0 Å². The van der Waals surface area contributed by atoms with Crippen LogP contribution in [0.5, 0.6) is 5.75 Å². The zero-order valence-corrected chi connectivity index (χ0v) is 23.7. The third-order valence-electron chi connectivity index (χ3n) is 5.38. The highest BCUT2D eigenvalue weighted by Gasteiger charge is 2.23. The molecule has 0 N–H and O–H groups in total. The Labute approximate surface area is 227 Å². The Balaban J connectivity index is 2.00. The standard InChI is InChI=1S/C27H29F2NO7S2/c1-27(2,3)37-26(31)17-36-24-13-6-18(16-30(4)39(34,35)21-10-8-20(28)9-11-21)14-22(24)19-7-12-23(29)25(15-19)38(5,32)33/h6-15H,16-17H2,1-5H3. The van der Waals surface area contributed by atoms with E-state index in [-0.39, 0.29) is 22.8 Å². The number of carbonyl (C=O) groups is 1. The molecule has 3 rings (SSSR count). The van der Waals surface area contributed by atoms with Gasteiger partial charge >= 0.3 is 5.97 Å². The molecule has 0 fully saturated rings. The summed E-state index contributed by atoms with van der Waals surface area (Å²) in [7, 11) is -6.52. The average Bonchev–Trinajstić information content (AvgIpc) is 2.82. The number of halogens is 2. The van der Waals surface area contributed by atoms with Crippen LogP contribution >= 0.6 is 0 Å². The van der Waals surface area contributed by atoms with E-state index in [9.17, 15) is 30.4 Å². The summed E-state index contributed by atoms with van der Waals surface area (Å²) in [6.45, 7) is 4.54. The Kier molecular flexibility index (Phi) is 8.83. The largest absolute Gasteiger partial charge is 0.481 e. The molecule has 0 spiro atoms. The molecule has 0 unspecified atom stereocenters. The number of hydrogen-bond acceptors (Lipinski definition) is 7. The van der Waals surface area contributed by atoms with Gasteiger partial charge < -0.3 is 9.47 Å². The summed E-state index contributed by atoms with van der Waals surface area (Å²) in [5, 5.41) is 0. The lowest BCUT2D eigenvalue weighted by Crippen LogP contribution is -2.27. The zero-order chi connectivity index (χ0) is 29.2. The molecule has 12 heteroatoms. The molecule has 3 aromatic rings. The Hall–Kier alpha value is -3.35. The monoisotopic (exact) mass is 581 g/mol. The van der Waals surface area contributed by atoms with E-state index in [1.807, 2.05) is 0 Å². The first kappa shape index (κ1) is 30.2. The Morgan fingerprint density at radius 2 is 1.56 bits per heavy atom. The van der Waals surface area contributed by atoms with E-state index in [4.69, 9.17) is 9.47 Å². The fourth-order valence-corrected chi connectivity index (χ4v) is 5.54. The summed E-state index contributed by atoms with van der Waals surface area (Å²) in [5.41, 5.74) is 0.304. The normalized spacial score (nSPS) is 12.4. The minimum atomic E-state index is -3.97. The molecular weight excluding hydrogens is 552 g/mol. The summed E-state index contributed by atoms with van der Waals surface area (Å²) in [4.78, 5) is 11.6. The van der Waals surface area contributed by atoms with E-state index in [1.165, 1.54) is 19.2 Å². The summed E-state index contributed by atoms with van der Waals surface area (Å²) >= 11 is 0. The third kappa shape index (κ3) is 7.84. The van der Waals surface area contributed by atoms with Crippen LogP contribution < -0.4 is 4.74 Å². The maximum Gasteiger partial charge on any atom is 0.344 e. The lowest BCUT2D eigenvalue weighted by molar-refractivity contribution is -0.157. The number of rotatable bonds is 9. The van der Waals surface area contributed by atoms with Gasteiger partial charge in [0.2, 0.25) is 10.0 Å². The van der Waals surface area contributed by atoms with Crippen molar-refractivity contribution in [3.63, 3.8) is 0 Å². The SMILES string of the molecule is CN(Cc1ccc(OCC(=O)OC(C)(C)C)c(-c2ccc(F)c(S(C)(=O)=O)c2)c1)S(=O)(=O)c1ccc(F)cc1. The van der Waals surface area contributed by atoms with Gasteiger partial charge in [-0.1, -0.05) is 12.1 Å². The number of sulfone groups is 1. The van der Waals surface area contributed by atoms with Crippen molar-refractivity contribution in [1.29, 1.82) is 0 Å². The van der Waals surface area contributed by atoms with E-state index in [1.54, 1.807) is 32.9 Å². The van der Waals surface area contributed by atoms with Crippen LogP contribution in [-0.2, 0) is 35.9 Å². The molecule has 0 bridgehead atoms. The molecule has 210 valence electrons. The first-order valence-corrected chi connectivity index (χ1v) is 15.0. The highest BCUT2D eigenvalue weighted by molar-refractivity contribution is 7.90. The van der Waals surface area contributed by atoms with Gasteiger partial charge in [-0.05, 0) is 80.4 Å². The minimum Gasteiger partial charge on any atom is -0.481 e. The molecule has 8 nitrogen and oxygen atoms in total. The van der Waals surface area contributed by atoms with E-state index in [0.717, 1.165) is 47.0 Å². The van der Waals surface area contributed by atoms with E-state index >= 15 is 0 Å². The number of nitrogens with zero attached hydrogens (tertiary/aromatic N) is 1. The molecule has 0 radical (unpaired) electrons. The van der Waals surface area contributed by atoms with Crippen LogP contribution in [0.2, 0.25) is 0 Å². The second kappa shape index (κ2) is 11.4. The number of esters is 1. The molecule has 3 aromatic carbocycles. The van der Waals surface area contributed by atoms with Crippen LogP contribution in [0.15, 0.2) is 70.5 Å². The molecule has 0 atom stereocenters. The first-order chi connectivity index (χ1) is 18.0. The molecule has 0 saturated carbocycles. The Bertz CT molecular complexity index is 1580.